The van der Waals surface area contributed by atoms with Crippen LogP contribution in [0.25, 0.3) is 0 Å². The molecule has 0 bridgehead atoms. The first-order valence-electron chi connectivity index (χ1n) is 11.3. The second-order valence-electron chi connectivity index (χ2n) is 7.93. The van der Waals surface area contributed by atoms with Crippen LogP contribution in [0.15, 0.2) is 70.5 Å². The predicted molar refractivity (Wildman–Crippen MR) is 131 cm³/mol. The minimum atomic E-state index is -3.89. The Kier molecular flexibility index (Phi) is 8.30. The van der Waals surface area contributed by atoms with Gasteiger partial charge < -0.3 is 14.6 Å². The third-order valence-corrected chi connectivity index (χ3v) is 7.13. The van der Waals surface area contributed by atoms with Gasteiger partial charge in [-0.25, -0.2) is 13.2 Å². The molecule has 3 rings (SSSR count). The molecule has 7 nitrogen and oxygen atoms in total. The monoisotopic (exact) mass is 496 g/mol. The zero-order chi connectivity index (χ0) is 25.6. The quantitative estimate of drug-likeness (QED) is 0.306. The van der Waals surface area contributed by atoms with Gasteiger partial charge in [0.25, 0.3) is 0 Å². The average Bonchev–Trinajstić information content (AvgIpc) is 2.84. The van der Waals surface area contributed by atoms with E-state index < -0.39 is 15.8 Å². The van der Waals surface area contributed by atoms with Crippen LogP contribution in [0.2, 0.25) is 0 Å². The lowest BCUT2D eigenvalue weighted by atomic mass is 10.0. The molecule has 3 aromatic carbocycles. The summed E-state index contributed by atoms with van der Waals surface area (Å²) in [6, 6.07) is 15.2. The van der Waals surface area contributed by atoms with E-state index in [2.05, 4.69) is 0 Å². The van der Waals surface area contributed by atoms with Gasteiger partial charge in [-0.1, -0.05) is 31.5 Å². The Bertz CT molecular complexity index is 1340. The Labute approximate surface area is 205 Å². The lowest BCUT2D eigenvalue weighted by Gasteiger charge is -2.15. The van der Waals surface area contributed by atoms with E-state index in [9.17, 15) is 23.1 Å². The summed E-state index contributed by atoms with van der Waals surface area (Å²) in [5.74, 6) is -0.482. The standard InChI is InChI=1S/C27H28O7S/c1-4-8-24-25(14-13-23(18(3)28)26(24)29)34-17-19-9-6-11-21(15-19)35(31,32)22-12-7-10-20(16-22)27(30)33-5-2/h6-7,9-16,29H,4-5,8,17H2,1-3H3. The molecule has 0 saturated heterocycles. The van der Waals surface area contributed by atoms with Crippen molar-refractivity contribution in [1.82, 2.24) is 0 Å². The maximum Gasteiger partial charge on any atom is 0.338 e. The van der Waals surface area contributed by atoms with Crippen LogP contribution < -0.4 is 4.74 Å². The number of phenolic OH excluding ortho intramolecular Hbond substituents is 1. The molecule has 0 saturated carbocycles. The second kappa shape index (κ2) is 11.2. The summed E-state index contributed by atoms with van der Waals surface area (Å²) in [5, 5.41) is 10.5. The van der Waals surface area contributed by atoms with E-state index in [4.69, 9.17) is 9.47 Å². The molecule has 0 aliphatic heterocycles. The molecule has 0 radical (unpaired) electrons. The number of sulfone groups is 1. The molecule has 35 heavy (non-hydrogen) atoms. The van der Waals surface area contributed by atoms with Gasteiger partial charge in [-0.05, 0) is 68.3 Å². The maximum atomic E-state index is 13.2. The molecule has 184 valence electrons. The second-order valence-corrected chi connectivity index (χ2v) is 9.88. The van der Waals surface area contributed by atoms with E-state index in [1.807, 2.05) is 6.92 Å². The van der Waals surface area contributed by atoms with Gasteiger partial charge >= 0.3 is 5.97 Å². The summed E-state index contributed by atoms with van der Waals surface area (Å²) in [6.07, 6.45) is 1.26. The first kappa shape index (κ1) is 26.0. The van der Waals surface area contributed by atoms with Crippen molar-refractivity contribution >= 4 is 21.6 Å². The molecule has 0 heterocycles. The molecule has 0 aliphatic rings. The number of Topliss-reactive ketones (excluding diaryl/α,β-unsaturated/α-hetero) is 1. The summed E-state index contributed by atoms with van der Waals surface area (Å²) in [5.41, 5.74) is 1.54. The Morgan fingerprint density at radius 3 is 2.29 bits per heavy atom. The Morgan fingerprint density at radius 1 is 0.943 bits per heavy atom. The normalized spacial score (nSPS) is 11.2. The number of ether oxygens (including phenoxy) is 2. The van der Waals surface area contributed by atoms with Crippen LogP contribution in [0.4, 0.5) is 0 Å². The van der Waals surface area contributed by atoms with Crippen LogP contribution in [-0.4, -0.2) is 31.9 Å². The minimum absolute atomic E-state index is 0.0175. The molecule has 0 amide bonds. The molecular weight excluding hydrogens is 468 g/mol. The summed E-state index contributed by atoms with van der Waals surface area (Å²) in [7, 11) is -3.89. The van der Waals surface area contributed by atoms with Gasteiger partial charge in [0.05, 0.1) is 27.5 Å². The van der Waals surface area contributed by atoms with Gasteiger partial charge in [0.2, 0.25) is 9.84 Å². The maximum absolute atomic E-state index is 13.2. The Morgan fingerprint density at radius 2 is 1.63 bits per heavy atom. The number of esters is 1. The van der Waals surface area contributed by atoms with E-state index in [1.54, 1.807) is 25.1 Å². The molecule has 1 N–H and O–H groups in total. The van der Waals surface area contributed by atoms with Crippen LogP contribution in [0.3, 0.4) is 0 Å². The van der Waals surface area contributed by atoms with Crippen LogP contribution >= 0.6 is 0 Å². The number of hydrogen-bond acceptors (Lipinski definition) is 7. The lowest BCUT2D eigenvalue weighted by molar-refractivity contribution is 0.0526. The summed E-state index contributed by atoms with van der Waals surface area (Å²) < 4.78 is 37.3. The van der Waals surface area contributed by atoms with Gasteiger partial charge in [-0.3, -0.25) is 4.79 Å². The van der Waals surface area contributed by atoms with Gasteiger partial charge in [0.1, 0.15) is 18.1 Å². The van der Waals surface area contributed by atoms with Gasteiger partial charge in [-0.2, -0.15) is 0 Å². The summed E-state index contributed by atoms with van der Waals surface area (Å²) in [6.45, 7) is 5.26. The molecule has 0 aromatic heterocycles. The molecule has 0 fully saturated rings. The fourth-order valence-electron chi connectivity index (χ4n) is 3.63. The van der Waals surface area contributed by atoms with Crippen molar-refractivity contribution < 1.29 is 32.6 Å². The minimum Gasteiger partial charge on any atom is -0.507 e. The highest BCUT2D eigenvalue weighted by molar-refractivity contribution is 7.91. The van der Waals surface area contributed by atoms with Crippen molar-refractivity contribution in [2.75, 3.05) is 6.61 Å². The highest BCUT2D eigenvalue weighted by atomic mass is 32.2. The average molecular weight is 497 g/mol. The van der Waals surface area contributed by atoms with Crippen molar-refractivity contribution in [3.05, 3.63) is 82.9 Å². The SMILES string of the molecule is CCCc1c(OCc2cccc(S(=O)(=O)c3cccc(C(=O)OCC)c3)c2)ccc(C(C)=O)c1O. The van der Waals surface area contributed by atoms with Crippen LogP contribution in [0.1, 0.15) is 59.0 Å². The highest BCUT2D eigenvalue weighted by Gasteiger charge is 2.21. The lowest BCUT2D eigenvalue weighted by Crippen LogP contribution is -2.08. The largest absolute Gasteiger partial charge is 0.507 e. The molecule has 0 atom stereocenters. The van der Waals surface area contributed by atoms with Crippen molar-refractivity contribution in [2.24, 2.45) is 0 Å². The number of carbonyl (C=O) groups is 2. The molecule has 8 heteroatoms. The van der Waals surface area contributed by atoms with Gasteiger partial charge in [0.15, 0.2) is 5.78 Å². The molecule has 3 aromatic rings. The Hall–Kier alpha value is -3.65. The smallest absolute Gasteiger partial charge is 0.338 e. The first-order valence-corrected chi connectivity index (χ1v) is 12.8. The van der Waals surface area contributed by atoms with E-state index in [0.29, 0.717) is 23.3 Å². The molecule has 0 aliphatic carbocycles. The molecular formula is C27H28O7S. The van der Waals surface area contributed by atoms with E-state index in [1.165, 1.54) is 49.4 Å². The van der Waals surface area contributed by atoms with E-state index in [0.717, 1.165) is 6.42 Å². The summed E-state index contributed by atoms with van der Waals surface area (Å²) >= 11 is 0. The number of hydrogen-bond donors (Lipinski definition) is 1. The number of phenols is 1. The van der Waals surface area contributed by atoms with Crippen molar-refractivity contribution in [2.45, 2.75) is 50.0 Å². The number of rotatable bonds is 10. The van der Waals surface area contributed by atoms with Crippen molar-refractivity contribution in [3.63, 3.8) is 0 Å². The number of carbonyl (C=O) groups excluding carboxylic acids is 2. The predicted octanol–water partition coefficient (Wildman–Crippen LogP) is 5.14. The fourth-order valence-corrected chi connectivity index (χ4v) is 5.01. The third kappa shape index (κ3) is 5.89. The van der Waals surface area contributed by atoms with Gasteiger partial charge in [-0.15, -0.1) is 0 Å². The topological polar surface area (TPSA) is 107 Å². The third-order valence-electron chi connectivity index (χ3n) is 5.38. The van der Waals surface area contributed by atoms with E-state index >= 15 is 0 Å². The van der Waals surface area contributed by atoms with Crippen molar-refractivity contribution in [3.8, 4) is 11.5 Å². The van der Waals surface area contributed by atoms with Crippen LogP contribution in [0, 0.1) is 0 Å². The number of benzene rings is 3. The zero-order valence-electron chi connectivity index (χ0n) is 19.9. The van der Waals surface area contributed by atoms with Crippen molar-refractivity contribution in [1.29, 1.82) is 0 Å². The molecule has 0 spiro atoms. The first-order chi connectivity index (χ1) is 16.7. The molecule has 0 unspecified atom stereocenters. The van der Waals surface area contributed by atoms with Crippen LogP contribution in [-0.2, 0) is 27.6 Å². The number of ketones is 1. The summed E-state index contributed by atoms with van der Waals surface area (Å²) in [4.78, 5) is 23.8. The highest BCUT2D eigenvalue weighted by Crippen LogP contribution is 2.33. The fraction of sp³-hybridized carbons (Fsp3) is 0.259. The Balaban J connectivity index is 1.87. The van der Waals surface area contributed by atoms with Gasteiger partial charge in [0, 0.05) is 5.56 Å². The zero-order valence-corrected chi connectivity index (χ0v) is 20.7. The van der Waals surface area contributed by atoms with E-state index in [-0.39, 0.29) is 45.7 Å². The number of aromatic hydroxyl groups is 1. The van der Waals surface area contributed by atoms with Crippen LogP contribution in [0.5, 0.6) is 11.5 Å².